The van der Waals surface area contributed by atoms with Crippen molar-refractivity contribution in [2.75, 3.05) is 29.5 Å². The third-order valence-electron chi connectivity index (χ3n) is 5.10. The molecule has 3 aromatic carbocycles. The van der Waals surface area contributed by atoms with Crippen molar-refractivity contribution in [2.24, 2.45) is 4.99 Å². The Bertz CT molecular complexity index is 1230. The van der Waals surface area contributed by atoms with Crippen LogP contribution in [-0.2, 0) is 11.3 Å². The predicted molar refractivity (Wildman–Crippen MR) is 135 cm³/mol. The lowest BCUT2D eigenvalue weighted by Crippen LogP contribution is -2.17. The first-order chi connectivity index (χ1) is 16.4. The number of anilines is 3. The first kappa shape index (κ1) is 23.4. The van der Waals surface area contributed by atoms with E-state index in [9.17, 15) is 4.39 Å². The van der Waals surface area contributed by atoms with Crippen LogP contribution in [-0.4, -0.2) is 31.6 Å². The molecule has 3 aromatic rings. The maximum atomic E-state index is 13.4. The van der Waals surface area contributed by atoms with Crippen LogP contribution in [0.15, 0.2) is 65.7 Å². The highest BCUT2D eigenvalue weighted by Gasteiger charge is 2.16. The number of hydrogen-bond acceptors (Lipinski definition) is 6. The molecule has 7 nitrogen and oxygen atoms in total. The Morgan fingerprint density at radius 2 is 2.00 bits per heavy atom. The monoisotopic (exact) mass is 481 g/mol. The summed E-state index contributed by atoms with van der Waals surface area (Å²) in [5.41, 5.74) is 3.53. The van der Waals surface area contributed by atoms with Gasteiger partial charge in [0.2, 0.25) is 0 Å². The van der Waals surface area contributed by atoms with Crippen molar-refractivity contribution in [2.45, 2.75) is 19.6 Å². The number of benzene rings is 3. The summed E-state index contributed by atoms with van der Waals surface area (Å²) >= 11 is 6.39. The first-order valence-electron chi connectivity index (χ1n) is 10.7. The van der Waals surface area contributed by atoms with E-state index in [1.165, 1.54) is 12.1 Å². The second kappa shape index (κ2) is 10.4. The third-order valence-corrected chi connectivity index (χ3v) is 5.39. The van der Waals surface area contributed by atoms with Crippen molar-refractivity contribution < 1.29 is 13.9 Å². The first-order valence-corrected chi connectivity index (χ1v) is 11.1. The quantitative estimate of drug-likeness (QED) is 0.256. The topological polar surface area (TPSA) is 90.8 Å². The minimum absolute atomic E-state index is 0.0454. The van der Waals surface area contributed by atoms with Gasteiger partial charge in [0.25, 0.3) is 6.02 Å². The maximum absolute atomic E-state index is 13.4. The van der Waals surface area contributed by atoms with Gasteiger partial charge in [0.1, 0.15) is 30.1 Å². The molecule has 0 amide bonds. The van der Waals surface area contributed by atoms with Gasteiger partial charge in [0.15, 0.2) is 0 Å². The molecule has 0 saturated heterocycles. The van der Waals surface area contributed by atoms with E-state index in [0.29, 0.717) is 40.2 Å². The smallest absolute Gasteiger partial charge is 0.289 e. The maximum Gasteiger partial charge on any atom is 0.289 e. The summed E-state index contributed by atoms with van der Waals surface area (Å²) in [7, 11) is 1.80. The lowest BCUT2D eigenvalue weighted by molar-refractivity contribution is 0.245. The molecule has 0 spiro atoms. The van der Waals surface area contributed by atoms with Gasteiger partial charge in [0, 0.05) is 29.7 Å². The number of aliphatic imine (C=N–C) groups is 1. The molecule has 4 N–H and O–H groups in total. The number of nitrogens with zero attached hydrogens (tertiary/aromatic N) is 1. The van der Waals surface area contributed by atoms with Gasteiger partial charge in [-0.05, 0) is 61.0 Å². The average molecular weight is 482 g/mol. The Kier molecular flexibility index (Phi) is 7.18. The minimum atomic E-state index is -0.316. The van der Waals surface area contributed by atoms with Crippen LogP contribution in [0, 0.1) is 11.2 Å². The zero-order valence-electron chi connectivity index (χ0n) is 18.8. The SMILES string of the molecule is CNc1ccc(NC2=NCC(C)O2)cc1C(=N)Nc1ccc(OCc2cccc(F)c2)c(Cl)c1. The van der Waals surface area contributed by atoms with Crippen LogP contribution in [0.4, 0.5) is 21.5 Å². The zero-order chi connectivity index (χ0) is 24.1. The van der Waals surface area contributed by atoms with E-state index in [-0.39, 0.29) is 24.4 Å². The zero-order valence-corrected chi connectivity index (χ0v) is 19.5. The highest BCUT2D eigenvalue weighted by molar-refractivity contribution is 6.32. The van der Waals surface area contributed by atoms with Crippen LogP contribution in [0.25, 0.3) is 0 Å². The van der Waals surface area contributed by atoms with Crippen LogP contribution in [0.5, 0.6) is 5.75 Å². The van der Waals surface area contributed by atoms with E-state index < -0.39 is 0 Å². The minimum Gasteiger partial charge on any atom is -0.487 e. The Labute approximate surface area is 202 Å². The van der Waals surface area contributed by atoms with Crippen LogP contribution >= 0.6 is 11.6 Å². The van der Waals surface area contributed by atoms with Gasteiger partial charge in [-0.15, -0.1) is 0 Å². The molecule has 176 valence electrons. The summed E-state index contributed by atoms with van der Waals surface area (Å²) < 4.78 is 24.7. The number of amidine groups is 2. The van der Waals surface area contributed by atoms with Gasteiger partial charge in [-0.2, -0.15) is 0 Å². The lowest BCUT2D eigenvalue weighted by Gasteiger charge is -2.16. The van der Waals surface area contributed by atoms with Gasteiger partial charge >= 0.3 is 0 Å². The molecule has 1 aliphatic rings. The molecule has 9 heteroatoms. The molecule has 0 aliphatic carbocycles. The number of rotatable bonds is 7. The average Bonchev–Trinajstić information content (AvgIpc) is 3.23. The molecule has 0 aromatic heterocycles. The molecule has 1 unspecified atom stereocenters. The molecule has 34 heavy (non-hydrogen) atoms. The number of hydrogen-bond donors (Lipinski definition) is 4. The van der Waals surface area contributed by atoms with E-state index >= 15 is 0 Å². The molecular formula is C25H25ClFN5O2. The second-order valence-electron chi connectivity index (χ2n) is 7.77. The second-order valence-corrected chi connectivity index (χ2v) is 8.18. The van der Waals surface area contributed by atoms with Crippen LogP contribution in [0.3, 0.4) is 0 Å². The fourth-order valence-corrected chi connectivity index (χ4v) is 3.65. The Balaban J connectivity index is 1.44. The fraction of sp³-hybridized carbons (Fsp3) is 0.200. The van der Waals surface area contributed by atoms with Gasteiger partial charge in [0.05, 0.1) is 11.6 Å². The van der Waals surface area contributed by atoms with Crippen molar-refractivity contribution in [3.8, 4) is 5.75 Å². The molecule has 0 bridgehead atoms. The van der Waals surface area contributed by atoms with E-state index in [2.05, 4.69) is 20.9 Å². The standard InChI is InChI=1S/C25H25ClFN5O2/c1-15-13-30-25(34-15)32-18-6-8-22(29-2)20(11-18)24(28)31-19-7-9-23(21(26)12-19)33-14-16-4-3-5-17(27)10-16/h3-12,15,29H,13-14H2,1-2H3,(H2,28,31)(H,30,32). The summed E-state index contributed by atoms with van der Waals surface area (Å²) in [6.45, 7) is 2.76. The number of ether oxygens (including phenoxy) is 2. The number of nitrogens with one attached hydrogen (secondary N) is 4. The lowest BCUT2D eigenvalue weighted by atomic mass is 10.1. The van der Waals surface area contributed by atoms with Crippen molar-refractivity contribution in [3.63, 3.8) is 0 Å². The molecule has 1 aliphatic heterocycles. The van der Waals surface area contributed by atoms with Crippen molar-refractivity contribution in [1.82, 2.24) is 0 Å². The molecule has 1 atom stereocenters. The van der Waals surface area contributed by atoms with E-state index in [0.717, 1.165) is 11.4 Å². The summed E-state index contributed by atoms with van der Waals surface area (Å²) in [5.74, 6) is 0.334. The van der Waals surface area contributed by atoms with E-state index in [1.54, 1.807) is 37.4 Å². The van der Waals surface area contributed by atoms with Gasteiger partial charge in [-0.25, -0.2) is 9.38 Å². The van der Waals surface area contributed by atoms with Gasteiger partial charge in [-0.1, -0.05) is 23.7 Å². The third kappa shape index (κ3) is 5.77. The van der Waals surface area contributed by atoms with Gasteiger partial charge < -0.3 is 25.4 Å². The predicted octanol–water partition coefficient (Wildman–Crippen LogP) is 5.72. The fourth-order valence-electron chi connectivity index (χ4n) is 3.41. The van der Waals surface area contributed by atoms with E-state index in [4.69, 9.17) is 26.5 Å². The van der Waals surface area contributed by atoms with Gasteiger partial charge in [-0.3, -0.25) is 5.41 Å². The highest BCUT2D eigenvalue weighted by atomic mass is 35.5. The molecular weight excluding hydrogens is 457 g/mol. The Hall–Kier alpha value is -3.78. The molecule has 1 heterocycles. The van der Waals surface area contributed by atoms with Crippen LogP contribution in [0.1, 0.15) is 18.1 Å². The van der Waals surface area contributed by atoms with Crippen LogP contribution < -0.4 is 20.7 Å². The summed E-state index contributed by atoms with van der Waals surface area (Å²) in [4.78, 5) is 4.31. The summed E-state index contributed by atoms with van der Waals surface area (Å²) in [6, 6.07) is 17.5. The largest absolute Gasteiger partial charge is 0.487 e. The Morgan fingerprint density at radius 3 is 2.71 bits per heavy atom. The summed E-state index contributed by atoms with van der Waals surface area (Å²) in [6.07, 6.45) is 0.0454. The van der Waals surface area contributed by atoms with Crippen molar-refractivity contribution >= 4 is 40.5 Å². The van der Waals surface area contributed by atoms with Crippen molar-refractivity contribution in [1.29, 1.82) is 5.41 Å². The molecule has 0 fully saturated rings. The number of halogens is 2. The normalized spacial score (nSPS) is 14.7. The molecule has 0 saturated carbocycles. The molecule has 0 radical (unpaired) electrons. The molecule has 4 rings (SSSR count). The van der Waals surface area contributed by atoms with Crippen LogP contribution in [0.2, 0.25) is 5.02 Å². The Morgan fingerprint density at radius 1 is 1.18 bits per heavy atom. The highest BCUT2D eigenvalue weighted by Crippen LogP contribution is 2.29. The summed E-state index contributed by atoms with van der Waals surface area (Å²) in [5, 5.41) is 18.3. The van der Waals surface area contributed by atoms with Crippen molar-refractivity contribution in [3.05, 3.63) is 82.6 Å². The van der Waals surface area contributed by atoms with E-state index in [1.807, 2.05) is 25.1 Å².